The van der Waals surface area contributed by atoms with Crippen molar-refractivity contribution in [2.24, 2.45) is 0 Å². The minimum Gasteiger partial charge on any atom is -0.337 e. The fourth-order valence-corrected chi connectivity index (χ4v) is 3.21. The molecular weight excluding hydrogens is 378 g/mol. The largest absolute Gasteiger partial charge is 0.337 e. The molecule has 1 fully saturated rings. The van der Waals surface area contributed by atoms with Crippen LogP contribution in [0.5, 0.6) is 0 Å². The highest BCUT2D eigenvalue weighted by molar-refractivity contribution is 5.94. The van der Waals surface area contributed by atoms with Crippen LogP contribution in [0.3, 0.4) is 0 Å². The lowest BCUT2D eigenvalue weighted by Crippen LogP contribution is -2.30. The van der Waals surface area contributed by atoms with Gasteiger partial charge in [0.1, 0.15) is 17.7 Å². The van der Waals surface area contributed by atoms with E-state index in [1.54, 1.807) is 0 Å². The molecule has 2 aromatic carbocycles. The number of halogens is 4. The zero-order valence-electron chi connectivity index (χ0n) is 14.3. The first-order valence-corrected chi connectivity index (χ1v) is 8.49. The molecule has 0 bridgehead atoms. The van der Waals surface area contributed by atoms with Crippen LogP contribution in [0.25, 0.3) is 11.4 Å². The Hall–Kier alpha value is -3.23. The first-order valence-electron chi connectivity index (χ1n) is 8.49. The number of amides is 1. The quantitative estimate of drug-likeness (QED) is 0.626. The molecule has 1 unspecified atom stereocenters. The fraction of sp³-hybridized carbons (Fsp3) is 0.211. The highest BCUT2D eigenvalue weighted by Gasteiger charge is 2.35. The summed E-state index contributed by atoms with van der Waals surface area (Å²) >= 11 is 0. The summed E-state index contributed by atoms with van der Waals surface area (Å²) in [6.07, 6.45) is 1.16. The number of hydrogen-bond acceptors (Lipinski definition) is 4. The van der Waals surface area contributed by atoms with Crippen molar-refractivity contribution < 1.29 is 26.9 Å². The third-order valence-corrected chi connectivity index (χ3v) is 4.58. The monoisotopic (exact) mass is 391 g/mol. The summed E-state index contributed by atoms with van der Waals surface area (Å²) in [7, 11) is 0. The van der Waals surface area contributed by atoms with Gasteiger partial charge in [-0.05, 0) is 43.2 Å². The maximum Gasteiger partial charge on any atom is 0.254 e. The number of rotatable bonds is 3. The lowest BCUT2D eigenvalue weighted by Gasteiger charge is -2.21. The Morgan fingerprint density at radius 1 is 1.04 bits per heavy atom. The van der Waals surface area contributed by atoms with Crippen LogP contribution in [0.4, 0.5) is 17.6 Å². The predicted molar refractivity (Wildman–Crippen MR) is 89.0 cm³/mol. The van der Waals surface area contributed by atoms with Gasteiger partial charge >= 0.3 is 0 Å². The summed E-state index contributed by atoms with van der Waals surface area (Å²) in [5, 5.41) is 3.72. The molecular formula is C19H13F4N3O2. The van der Waals surface area contributed by atoms with Crippen LogP contribution in [-0.2, 0) is 0 Å². The Bertz CT molecular complexity index is 1050. The minimum atomic E-state index is -1.12. The third kappa shape index (κ3) is 3.23. The molecule has 0 spiro atoms. The first kappa shape index (κ1) is 18.1. The number of benzene rings is 2. The van der Waals surface area contributed by atoms with Crippen LogP contribution in [0.15, 0.2) is 40.9 Å². The Morgan fingerprint density at radius 2 is 1.86 bits per heavy atom. The summed E-state index contributed by atoms with van der Waals surface area (Å²) in [6.45, 7) is 0.366. The lowest BCUT2D eigenvalue weighted by molar-refractivity contribution is 0.0709. The molecule has 1 aliphatic heterocycles. The maximum atomic E-state index is 13.9. The normalized spacial score (nSPS) is 16.6. The van der Waals surface area contributed by atoms with Crippen LogP contribution in [0, 0.1) is 23.3 Å². The summed E-state index contributed by atoms with van der Waals surface area (Å²) in [4.78, 5) is 18.3. The van der Waals surface area contributed by atoms with Crippen molar-refractivity contribution in [3.63, 3.8) is 0 Å². The van der Waals surface area contributed by atoms with Gasteiger partial charge < -0.3 is 9.42 Å². The van der Waals surface area contributed by atoms with E-state index in [2.05, 4.69) is 10.1 Å². The summed E-state index contributed by atoms with van der Waals surface area (Å²) in [5.74, 6) is -4.22. The van der Waals surface area contributed by atoms with Crippen molar-refractivity contribution in [2.75, 3.05) is 6.54 Å². The molecule has 0 N–H and O–H groups in total. The number of likely N-dealkylation sites (tertiary alicyclic amines) is 1. The lowest BCUT2D eigenvalue weighted by atomic mass is 10.1. The van der Waals surface area contributed by atoms with E-state index in [1.807, 2.05) is 0 Å². The summed E-state index contributed by atoms with van der Waals surface area (Å²) in [5.41, 5.74) is -0.0389. The summed E-state index contributed by atoms with van der Waals surface area (Å²) in [6, 6.07) is 5.31. The molecule has 1 amide bonds. The second-order valence-electron chi connectivity index (χ2n) is 6.37. The second-order valence-corrected chi connectivity index (χ2v) is 6.37. The molecule has 0 radical (unpaired) electrons. The number of carbonyl (C=O) groups is 1. The van der Waals surface area contributed by atoms with Crippen molar-refractivity contribution in [1.82, 2.24) is 15.0 Å². The Kier molecular flexibility index (Phi) is 4.58. The summed E-state index contributed by atoms with van der Waals surface area (Å²) < 4.78 is 58.8. The van der Waals surface area contributed by atoms with Crippen molar-refractivity contribution in [1.29, 1.82) is 0 Å². The maximum absolute atomic E-state index is 13.9. The average Bonchev–Trinajstić information content (AvgIpc) is 3.32. The van der Waals surface area contributed by atoms with Crippen molar-refractivity contribution in [3.05, 3.63) is 71.1 Å². The van der Waals surface area contributed by atoms with Crippen molar-refractivity contribution in [2.45, 2.75) is 18.9 Å². The zero-order chi connectivity index (χ0) is 19.8. The zero-order valence-corrected chi connectivity index (χ0v) is 14.3. The highest BCUT2D eigenvalue weighted by atomic mass is 19.2. The molecule has 9 heteroatoms. The topological polar surface area (TPSA) is 59.2 Å². The van der Waals surface area contributed by atoms with Gasteiger partial charge in [0, 0.05) is 18.2 Å². The van der Waals surface area contributed by atoms with Gasteiger partial charge in [-0.1, -0.05) is 5.16 Å². The van der Waals surface area contributed by atoms with E-state index in [4.69, 9.17) is 4.52 Å². The molecule has 0 aliphatic carbocycles. The van der Waals surface area contributed by atoms with Crippen LogP contribution in [-0.4, -0.2) is 27.5 Å². The molecule has 2 heterocycles. The standard InChI is InChI=1S/C19H13F4N3O2/c20-11-4-5-12(14(22)9-11)17-24-18(28-25-17)16-2-1-7-26(16)19(27)10-3-6-13(21)15(23)8-10/h3-6,8-9,16H,1-2,7H2. The smallest absolute Gasteiger partial charge is 0.254 e. The third-order valence-electron chi connectivity index (χ3n) is 4.58. The molecule has 144 valence electrons. The van der Waals surface area contributed by atoms with E-state index in [0.717, 1.165) is 18.2 Å². The van der Waals surface area contributed by atoms with Gasteiger partial charge in [-0.2, -0.15) is 4.98 Å². The van der Waals surface area contributed by atoms with Gasteiger partial charge in [-0.3, -0.25) is 4.79 Å². The Balaban J connectivity index is 1.61. The van der Waals surface area contributed by atoms with E-state index in [9.17, 15) is 22.4 Å². The molecule has 28 heavy (non-hydrogen) atoms. The van der Waals surface area contributed by atoms with Gasteiger partial charge in [0.2, 0.25) is 11.7 Å². The number of hydrogen-bond donors (Lipinski definition) is 0. The van der Waals surface area contributed by atoms with Crippen LogP contribution >= 0.6 is 0 Å². The molecule has 3 aromatic rings. The molecule has 1 atom stereocenters. The average molecular weight is 391 g/mol. The number of carbonyl (C=O) groups excluding carboxylic acids is 1. The molecule has 0 saturated carbocycles. The second kappa shape index (κ2) is 7.06. The van der Waals surface area contributed by atoms with Gasteiger partial charge in [0.25, 0.3) is 5.91 Å². The van der Waals surface area contributed by atoms with Crippen molar-refractivity contribution >= 4 is 5.91 Å². The van der Waals surface area contributed by atoms with Gasteiger partial charge in [0.05, 0.1) is 5.56 Å². The van der Waals surface area contributed by atoms with E-state index >= 15 is 0 Å². The molecule has 4 rings (SSSR count). The molecule has 5 nitrogen and oxygen atoms in total. The molecule has 1 aliphatic rings. The first-order chi connectivity index (χ1) is 13.4. The molecule has 1 aromatic heterocycles. The van der Waals surface area contributed by atoms with E-state index in [1.165, 1.54) is 17.0 Å². The fourth-order valence-electron chi connectivity index (χ4n) is 3.21. The Morgan fingerprint density at radius 3 is 2.61 bits per heavy atom. The number of nitrogens with zero attached hydrogens (tertiary/aromatic N) is 3. The minimum absolute atomic E-state index is 0.00452. The van der Waals surface area contributed by atoms with Crippen LogP contribution < -0.4 is 0 Å². The van der Waals surface area contributed by atoms with E-state index in [-0.39, 0.29) is 22.8 Å². The SMILES string of the molecule is O=C(c1ccc(F)c(F)c1)N1CCCC1c1nc(-c2ccc(F)cc2F)no1. The van der Waals surface area contributed by atoms with Gasteiger partial charge in [-0.25, -0.2) is 17.6 Å². The van der Waals surface area contributed by atoms with E-state index < -0.39 is 35.2 Å². The van der Waals surface area contributed by atoms with Crippen LogP contribution in [0.2, 0.25) is 0 Å². The van der Waals surface area contributed by atoms with Crippen molar-refractivity contribution in [3.8, 4) is 11.4 Å². The highest BCUT2D eigenvalue weighted by Crippen LogP contribution is 2.33. The predicted octanol–water partition coefficient (Wildman–Crippen LogP) is 4.27. The van der Waals surface area contributed by atoms with Crippen LogP contribution in [0.1, 0.15) is 35.1 Å². The van der Waals surface area contributed by atoms with Gasteiger partial charge in [-0.15, -0.1) is 0 Å². The van der Waals surface area contributed by atoms with E-state index in [0.29, 0.717) is 25.5 Å². The van der Waals surface area contributed by atoms with Gasteiger partial charge in [0.15, 0.2) is 11.6 Å². The molecule has 1 saturated heterocycles. The number of aromatic nitrogens is 2. The Labute approximate surface area is 156 Å².